The lowest BCUT2D eigenvalue weighted by Crippen LogP contribution is -2.00. The summed E-state index contributed by atoms with van der Waals surface area (Å²) in [4.78, 5) is 0. The molecule has 138 valence electrons. The first-order valence-electron chi connectivity index (χ1n) is 9.89. The van der Waals surface area contributed by atoms with E-state index in [0.29, 0.717) is 0 Å². The van der Waals surface area contributed by atoms with Crippen molar-refractivity contribution < 1.29 is 10.2 Å². The fourth-order valence-corrected chi connectivity index (χ4v) is 4.24. The summed E-state index contributed by atoms with van der Waals surface area (Å²) in [5.41, 5.74) is 9.41. The third-order valence-corrected chi connectivity index (χ3v) is 5.64. The molecule has 2 aliphatic carbocycles. The number of phenols is 2. The number of rotatable bonds is 6. The smallest absolute Gasteiger partial charge is 0.115 e. The Balaban J connectivity index is 1.93. The fraction of sp³-hybridized carbons (Fsp3) is 0.280. The Morgan fingerprint density at radius 1 is 0.852 bits per heavy atom. The predicted molar refractivity (Wildman–Crippen MR) is 111 cm³/mol. The van der Waals surface area contributed by atoms with Gasteiger partial charge in [-0.3, -0.25) is 0 Å². The molecule has 0 atom stereocenters. The molecule has 0 aliphatic heterocycles. The van der Waals surface area contributed by atoms with Crippen LogP contribution in [0.25, 0.3) is 5.57 Å². The van der Waals surface area contributed by atoms with Crippen LogP contribution in [0.15, 0.2) is 76.9 Å². The van der Waals surface area contributed by atoms with Crippen LogP contribution < -0.4 is 0 Å². The van der Waals surface area contributed by atoms with E-state index in [1.807, 2.05) is 24.3 Å². The quantitative estimate of drug-likeness (QED) is 0.618. The van der Waals surface area contributed by atoms with Crippen LogP contribution in [-0.4, -0.2) is 10.2 Å². The van der Waals surface area contributed by atoms with Gasteiger partial charge in [-0.2, -0.15) is 0 Å². The Morgan fingerprint density at radius 3 is 1.89 bits per heavy atom. The summed E-state index contributed by atoms with van der Waals surface area (Å²) in [6.45, 7) is 2.23. The zero-order chi connectivity index (χ0) is 18.8. The van der Waals surface area contributed by atoms with E-state index in [9.17, 15) is 10.2 Å². The lowest BCUT2D eigenvalue weighted by molar-refractivity contribution is 0.475. The van der Waals surface area contributed by atoms with E-state index in [-0.39, 0.29) is 11.5 Å². The van der Waals surface area contributed by atoms with Crippen molar-refractivity contribution in [3.05, 3.63) is 88.0 Å². The first kappa shape index (κ1) is 17.7. The topological polar surface area (TPSA) is 40.5 Å². The second kappa shape index (κ2) is 7.48. The third kappa shape index (κ3) is 3.57. The zero-order valence-electron chi connectivity index (χ0n) is 15.8. The normalized spacial score (nSPS) is 15.2. The second-order valence-corrected chi connectivity index (χ2v) is 7.55. The minimum Gasteiger partial charge on any atom is -0.508 e. The van der Waals surface area contributed by atoms with Crippen LogP contribution in [0.4, 0.5) is 0 Å². The Hall–Kier alpha value is -2.74. The van der Waals surface area contributed by atoms with Gasteiger partial charge in [-0.25, -0.2) is 0 Å². The molecular weight excluding hydrogens is 332 g/mol. The molecule has 27 heavy (non-hydrogen) atoms. The molecular formula is C25H26O2. The number of phenolic OH excluding ortho intramolecular Hbond substituents is 2. The highest BCUT2D eigenvalue weighted by Crippen LogP contribution is 2.45. The number of fused-ring (bicyclic) bond motifs is 2. The van der Waals surface area contributed by atoms with Crippen LogP contribution in [0.2, 0.25) is 0 Å². The number of aromatic hydroxyl groups is 2. The van der Waals surface area contributed by atoms with E-state index in [2.05, 4.69) is 13.0 Å². The number of benzene rings is 2. The molecule has 2 aliphatic rings. The number of hydrogen-bond donors (Lipinski definition) is 2. The van der Waals surface area contributed by atoms with Gasteiger partial charge in [-0.05, 0) is 84.2 Å². The highest BCUT2D eigenvalue weighted by molar-refractivity contribution is 5.86. The number of allylic oxidation sites excluding steroid dienone is 5. The molecule has 2 heteroatoms. The molecule has 2 N–H and O–H groups in total. The van der Waals surface area contributed by atoms with Gasteiger partial charge >= 0.3 is 0 Å². The largest absolute Gasteiger partial charge is 0.508 e. The fourth-order valence-electron chi connectivity index (χ4n) is 4.24. The van der Waals surface area contributed by atoms with Crippen molar-refractivity contribution in [2.75, 3.05) is 0 Å². The molecule has 2 bridgehead atoms. The summed E-state index contributed by atoms with van der Waals surface area (Å²) < 4.78 is 0. The van der Waals surface area contributed by atoms with Gasteiger partial charge in [0.15, 0.2) is 0 Å². The number of hydrogen-bond acceptors (Lipinski definition) is 2. The Labute approximate surface area is 161 Å². The summed E-state index contributed by atoms with van der Waals surface area (Å²) >= 11 is 0. The highest BCUT2D eigenvalue weighted by Gasteiger charge is 2.26. The molecule has 2 aromatic rings. The van der Waals surface area contributed by atoms with Gasteiger partial charge < -0.3 is 10.2 Å². The third-order valence-electron chi connectivity index (χ3n) is 5.64. The van der Waals surface area contributed by atoms with Crippen LogP contribution in [-0.2, 0) is 0 Å². The summed E-state index contributed by atoms with van der Waals surface area (Å²) in [6.07, 6.45) is 9.29. The van der Waals surface area contributed by atoms with Crippen LogP contribution in [0.5, 0.6) is 11.5 Å². The Morgan fingerprint density at radius 2 is 1.44 bits per heavy atom. The van der Waals surface area contributed by atoms with Crippen molar-refractivity contribution in [1.82, 2.24) is 0 Å². The van der Waals surface area contributed by atoms with Gasteiger partial charge in [0.25, 0.3) is 0 Å². The summed E-state index contributed by atoms with van der Waals surface area (Å²) in [6, 6.07) is 15.0. The molecule has 0 saturated heterocycles. The highest BCUT2D eigenvalue weighted by atomic mass is 16.3. The van der Waals surface area contributed by atoms with Crippen molar-refractivity contribution in [1.29, 1.82) is 0 Å². The monoisotopic (exact) mass is 358 g/mol. The maximum absolute atomic E-state index is 9.75. The SMILES string of the molecule is CCCCC(C1=C2CCC(=C1)C2)=C(c1ccc(O)cc1)c1ccc(O)cc1. The van der Waals surface area contributed by atoms with Gasteiger partial charge in [0.05, 0.1) is 0 Å². The molecule has 0 aromatic heterocycles. The molecule has 4 rings (SSSR count). The molecule has 1 fully saturated rings. The molecule has 0 radical (unpaired) electrons. The minimum absolute atomic E-state index is 0.281. The summed E-state index contributed by atoms with van der Waals surface area (Å²) in [5, 5.41) is 19.5. The van der Waals surface area contributed by atoms with Crippen molar-refractivity contribution >= 4 is 5.57 Å². The van der Waals surface area contributed by atoms with Gasteiger partial charge in [0.2, 0.25) is 0 Å². The predicted octanol–water partition coefficient (Wildman–Crippen LogP) is 6.51. The van der Waals surface area contributed by atoms with Crippen LogP contribution >= 0.6 is 0 Å². The lowest BCUT2D eigenvalue weighted by atomic mass is 9.85. The van der Waals surface area contributed by atoms with E-state index in [0.717, 1.165) is 36.8 Å². The van der Waals surface area contributed by atoms with Crippen LogP contribution in [0.1, 0.15) is 56.6 Å². The van der Waals surface area contributed by atoms with E-state index in [4.69, 9.17) is 0 Å². The second-order valence-electron chi connectivity index (χ2n) is 7.55. The van der Waals surface area contributed by atoms with E-state index < -0.39 is 0 Å². The standard InChI is InChI=1S/C25H26O2/c1-2-3-4-23(24-16-17-5-6-20(24)15-17)25(18-7-11-21(26)12-8-18)19-9-13-22(27)14-10-19/h7-14,16,26-27H,2-6,15H2,1H3. The molecule has 0 heterocycles. The van der Waals surface area contributed by atoms with E-state index in [1.165, 1.54) is 29.6 Å². The zero-order valence-corrected chi connectivity index (χ0v) is 15.8. The summed E-state index contributed by atoms with van der Waals surface area (Å²) in [7, 11) is 0. The first-order chi connectivity index (χ1) is 13.2. The average molecular weight is 358 g/mol. The maximum Gasteiger partial charge on any atom is 0.115 e. The van der Waals surface area contributed by atoms with Gasteiger partial charge in [0.1, 0.15) is 11.5 Å². The maximum atomic E-state index is 9.75. The van der Waals surface area contributed by atoms with Crippen LogP contribution in [0.3, 0.4) is 0 Å². The Kier molecular flexibility index (Phi) is 4.89. The molecule has 0 spiro atoms. The molecule has 2 aromatic carbocycles. The van der Waals surface area contributed by atoms with Gasteiger partial charge in [-0.1, -0.05) is 54.8 Å². The lowest BCUT2D eigenvalue weighted by Gasteiger charge is -2.20. The number of unbranched alkanes of at least 4 members (excludes halogenated alkanes) is 1. The van der Waals surface area contributed by atoms with Crippen molar-refractivity contribution in [2.45, 2.75) is 45.4 Å². The average Bonchev–Trinajstić information content (AvgIpc) is 3.31. The first-order valence-corrected chi connectivity index (χ1v) is 9.89. The van der Waals surface area contributed by atoms with Gasteiger partial charge in [0, 0.05) is 0 Å². The van der Waals surface area contributed by atoms with Gasteiger partial charge in [-0.15, -0.1) is 0 Å². The molecule has 0 unspecified atom stereocenters. The summed E-state index contributed by atoms with van der Waals surface area (Å²) in [5.74, 6) is 0.561. The van der Waals surface area contributed by atoms with Crippen LogP contribution in [0, 0.1) is 0 Å². The molecule has 0 amide bonds. The van der Waals surface area contributed by atoms with Crippen molar-refractivity contribution in [2.24, 2.45) is 0 Å². The molecule has 2 nitrogen and oxygen atoms in total. The van der Waals surface area contributed by atoms with E-state index >= 15 is 0 Å². The van der Waals surface area contributed by atoms with Crippen molar-refractivity contribution in [3.8, 4) is 11.5 Å². The van der Waals surface area contributed by atoms with E-state index in [1.54, 1.807) is 35.4 Å². The minimum atomic E-state index is 0.281. The van der Waals surface area contributed by atoms with Crippen molar-refractivity contribution in [3.63, 3.8) is 0 Å². The molecule has 1 saturated carbocycles. The Bertz CT molecular complexity index is 878.